The molecule has 1 aromatic carbocycles. The predicted octanol–water partition coefficient (Wildman–Crippen LogP) is -1.36. The van der Waals surface area contributed by atoms with E-state index in [1.165, 1.54) is 0 Å². The highest BCUT2D eigenvalue weighted by atomic mass is 16.5. The van der Waals surface area contributed by atoms with Crippen LogP contribution in [0.15, 0.2) is 36.7 Å². The van der Waals surface area contributed by atoms with Crippen molar-refractivity contribution in [1.82, 2.24) is 25.3 Å². The zero-order valence-electron chi connectivity index (χ0n) is 21.0. The van der Waals surface area contributed by atoms with Gasteiger partial charge in [0.25, 0.3) is 5.91 Å². The van der Waals surface area contributed by atoms with Crippen molar-refractivity contribution < 1.29 is 14.3 Å². The monoisotopic (exact) mass is 486 g/mol. The van der Waals surface area contributed by atoms with E-state index >= 15 is 0 Å². The average Bonchev–Trinajstić information content (AvgIpc) is 3.57. The number of nitrogens with zero attached hydrogens (tertiary/aromatic N) is 4. The third-order valence-corrected chi connectivity index (χ3v) is 5.49. The maximum absolute atomic E-state index is 13.0. The Morgan fingerprint density at radius 3 is 2.67 bits per heavy atom. The van der Waals surface area contributed by atoms with Gasteiger partial charge in [-0.1, -0.05) is 12.1 Å². The fourth-order valence-electron chi connectivity index (χ4n) is 3.67. The number of aromatic nitrogens is 4. The second-order valence-electron chi connectivity index (χ2n) is 9.75. The smallest absolute Gasteiger partial charge is 0.272 e. The molecule has 2 amide bonds. The standard InChI is InChI=1S/C22H29B3N8O3/c1-36-19-14(13-10-27-33(11-13)8-7-26)3-2-4-15(19)28-16-9-17(29-20(34)12-5-6-12)31-32-18(16)21(35)30-22(23,24)25/h2-4,9-12H,5-8,23-26H2,1H3,(H,30,35)(H2,28,29,31,34). The highest BCUT2D eigenvalue weighted by Crippen LogP contribution is 2.38. The van der Waals surface area contributed by atoms with Gasteiger partial charge in [-0.2, -0.15) is 5.10 Å². The van der Waals surface area contributed by atoms with Gasteiger partial charge >= 0.3 is 0 Å². The first kappa shape index (κ1) is 25.3. The van der Waals surface area contributed by atoms with Gasteiger partial charge < -0.3 is 26.4 Å². The van der Waals surface area contributed by atoms with Crippen molar-refractivity contribution in [2.45, 2.75) is 24.6 Å². The summed E-state index contributed by atoms with van der Waals surface area (Å²) < 4.78 is 7.53. The molecule has 2 aromatic heterocycles. The van der Waals surface area contributed by atoms with E-state index in [9.17, 15) is 9.59 Å². The van der Waals surface area contributed by atoms with E-state index in [0.29, 0.717) is 30.2 Å². The van der Waals surface area contributed by atoms with Gasteiger partial charge in [0.05, 0.1) is 31.2 Å². The molecule has 0 saturated heterocycles. The van der Waals surface area contributed by atoms with Crippen LogP contribution in [-0.2, 0) is 11.3 Å². The molecule has 0 bridgehead atoms. The molecule has 1 aliphatic rings. The number of hydrogen-bond acceptors (Lipinski definition) is 8. The topological polar surface area (TPSA) is 149 Å². The zero-order chi connectivity index (χ0) is 25.9. The van der Waals surface area contributed by atoms with Gasteiger partial charge in [0.15, 0.2) is 11.5 Å². The van der Waals surface area contributed by atoms with Crippen LogP contribution in [-0.4, -0.2) is 74.2 Å². The molecule has 0 radical (unpaired) electrons. The number of carbonyl (C=O) groups is 2. The van der Waals surface area contributed by atoms with E-state index in [1.54, 1.807) is 24.1 Å². The van der Waals surface area contributed by atoms with Gasteiger partial charge in [0.2, 0.25) is 5.91 Å². The fourth-order valence-corrected chi connectivity index (χ4v) is 3.67. The molecular formula is C22H29B3N8O3. The maximum Gasteiger partial charge on any atom is 0.272 e. The Hall–Kier alpha value is -3.80. The van der Waals surface area contributed by atoms with Gasteiger partial charge in [-0.05, 0) is 24.1 Å². The number of nitrogens with two attached hydrogens (primary N) is 1. The minimum Gasteiger partial charge on any atom is -0.494 e. The van der Waals surface area contributed by atoms with Crippen LogP contribution in [0.2, 0.25) is 0 Å². The van der Waals surface area contributed by atoms with Crippen LogP contribution in [0.3, 0.4) is 0 Å². The van der Waals surface area contributed by atoms with Crippen LogP contribution in [0, 0.1) is 5.92 Å². The summed E-state index contributed by atoms with van der Waals surface area (Å²) in [6.45, 7) is 1.08. The van der Waals surface area contributed by atoms with Crippen molar-refractivity contribution in [2.75, 3.05) is 24.3 Å². The lowest BCUT2D eigenvalue weighted by Crippen LogP contribution is -2.50. The Labute approximate surface area is 212 Å². The number of ether oxygens (including phenoxy) is 1. The number of amides is 2. The number of hydrogen-bond donors (Lipinski definition) is 4. The van der Waals surface area contributed by atoms with Crippen molar-refractivity contribution in [3.8, 4) is 16.9 Å². The average molecular weight is 486 g/mol. The second kappa shape index (κ2) is 10.4. The van der Waals surface area contributed by atoms with E-state index < -0.39 is 11.1 Å². The predicted molar refractivity (Wildman–Crippen MR) is 146 cm³/mol. The fraction of sp³-hybridized carbons (Fsp3) is 0.318. The quantitative estimate of drug-likeness (QED) is 0.257. The largest absolute Gasteiger partial charge is 0.494 e. The van der Waals surface area contributed by atoms with Crippen LogP contribution >= 0.6 is 0 Å². The molecule has 0 spiro atoms. The normalized spacial score (nSPS) is 13.2. The molecule has 2 heterocycles. The Balaban J connectivity index is 1.70. The van der Waals surface area contributed by atoms with Crippen LogP contribution < -0.4 is 26.4 Å². The van der Waals surface area contributed by atoms with E-state index in [2.05, 4.69) is 31.2 Å². The Morgan fingerprint density at radius 1 is 1.22 bits per heavy atom. The Bertz CT molecular complexity index is 1270. The zero-order valence-corrected chi connectivity index (χ0v) is 21.0. The van der Waals surface area contributed by atoms with Crippen LogP contribution in [0.4, 0.5) is 17.2 Å². The van der Waals surface area contributed by atoms with Crippen LogP contribution in [0.5, 0.6) is 5.75 Å². The van der Waals surface area contributed by atoms with Crippen molar-refractivity contribution in [2.24, 2.45) is 11.7 Å². The van der Waals surface area contributed by atoms with Crippen molar-refractivity contribution in [1.29, 1.82) is 0 Å². The number of carbonyl (C=O) groups excluding carboxylic acids is 2. The number of nitrogens with one attached hydrogen (secondary N) is 3. The summed E-state index contributed by atoms with van der Waals surface area (Å²) in [6.07, 6.45) is 5.37. The summed E-state index contributed by atoms with van der Waals surface area (Å²) in [5.41, 5.74) is 8.41. The van der Waals surface area contributed by atoms with Crippen LogP contribution in [0.1, 0.15) is 23.3 Å². The van der Waals surface area contributed by atoms with Gasteiger partial charge in [-0.25, -0.2) is 0 Å². The lowest BCUT2D eigenvalue weighted by Gasteiger charge is -2.22. The summed E-state index contributed by atoms with van der Waals surface area (Å²) in [6, 6.07) is 7.24. The summed E-state index contributed by atoms with van der Waals surface area (Å²) in [5.74, 6) is 0.336. The first-order valence-electron chi connectivity index (χ1n) is 11.9. The molecule has 184 valence electrons. The van der Waals surface area contributed by atoms with E-state index in [4.69, 9.17) is 10.5 Å². The summed E-state index contributed by atoms with van der Waals surface area (Å²) in [4.78, 5) is 25.3. The number of anilines is 3. The lowest BCUT2D eigenvalue weighted by molar-refractivity contribution is -0.117. The van der Waals surface area contributed by atoms with Crippen LogP contribution in [0.25, 0.3) is 11.1 Å². The minimum absolute atomic E-state index is 0.00374. The van der Waals surface area contributed by atoms with E-state index in [1.807, 2.05) is 47.9 Å². The van der Waals surface area contributed by atoms with E-state index in [0.717, 1.165) is 24.0 Å². The molecule has 1 saturated carbocycles. The van der Waals surface area contributed by atoms with Gasteiger partial charge in [-0.15, -0.1) is 10.2 Å². The first-order valence-corrected chi connectivity index (χ1v) is 11.9. The molecule has 1 fully saturated rings. The molecule has 1 aliphatic carbocycles. The third-order valence-electron chi connectivity index (χ3n) is 5.49. The molecule has 11 nitrogen and oxygen atoms in total. The molecule has 14 heteroatoms. The first-order chi connectivity index (χ1) is 17.2. The highest BCUT2D eigenvalue weighted by Gasteiger charge is 2.30. The summed E-state index contributed by atoms with van der Waals surface area (Å²) >= 11 is 0. The number of methoxy groups -OCH3 is 1. The number of rotatable bonds is 10. The van der Waals surface area contributed by atoms with Crippen molar-refractivity contribution in [3.63, 3.8) is 0 Å². The molecule has 0 unspecified atom stereocenters. The minimum atomic E-state index is -0.476. The molecule has 0 aliphatic heterocycles. The van der Waals surface area contributed by atoms with Crippen molar-refractivity contribution in [3.05, 3.63) is 42.4 Å². The van der Waals surface area contributed by atoms with Crippen molar-refractivity contribution >= 4 is 52.5 Å². The highest BCUT2D eigenvalue weighted by molar-refractivity contribution is 6.60. The van der Waals surface area contributed by atoms with Gasteiger partial charge in [0, 0.05) is 35.9 Å². The Morgan fingerprint density at radius 2 is 2.00 bits per heavy atom. The number of benzene rings is 1. The SMILES string of the molecule is BC(B)(B)NC(=O)c1nnc(NC(=O)C2CC2)cc1Nc1cccc(-c2cnn(CCN)c2)c1OC. The molecule has 0 atom stereocenters. The molecular weight excluding hydrogens is 457 g/mol. The molecule has 36 heavy (non-hydrogen) atoms. The third kappa shape index (κ3) is 6.06. The molecule has 5 N–H and O–H groups in total. The summed E-state index contributed by atoms with van der Waals surface area (Å²) in [5, 5.41) is 21.1. The van der Waals surface area contributed by atoms with Gasteiger partial charge in [0.1, 0.15) is 29.3 Å². The lowest BCUT2D eigenvalue weighted by atomic mass is 9.49. The molecule has 3 aromatic rings. The number of para-hydroxylation sites is 1. The van der Waals surface area contributed by atoms with E-state index in [-0.39, 0.29) is 23.3 Å². The summed E-state index contributed by atoms with van der Waals surface area (Å²) in [7, 11) is 7.22. The molecule has 4 rings (SSSR count). The second-order valence-corrected chi connectivity index (χ2v) is 9.75. The maximum atomic E-state index is 13.0. The van der Waals surface area contributed by atoms with Gasteiger partial charge in [-0.3, -0.25) is 14.3 Å². The Kier molecular flexibility index (Phi) is 7.34.